The Morgan fingerprint density at radius 1 is 1.00 bits per heavy atom. The number of piperazine rings is 1. The van der Waals surface area contributed by atoms with Crippen molar-refractivity contribution in [2.45, 2.75) is 37.6 Å². The molecule has 2 aromatic heterocycles. The van der Waals surface area contributed by atoms with Gasteiger partial charge in [0.05, 0.1) is 0 Å². The number of nitrogens with zero attached hydrogens (tertiary/aromatic N) is 5. The van der Waals surface area contributed by atoms with Crippen LogP contribution in [0.2, 0.25) is 0 Å². The van der Waals surface area contributed by atoms with Gasteiger partial charge in [0.15, 0.2) is 5.16 Å². The van der Waals surface area contributed by atoms with E-state index < -0.39 is 0 Å². The molecule has 8 nitrogen and oxygen atoms in total. The quantitative estimate of drug-likeness (QED) is 0.353. The molecule has 0 aliphatic carbocycles. The molecule has 3 aromatic rings. The summed E-state index contributed by atoms with van der Waals surface area (Å²) in [4.78, 5) is 42.0. The molecule has 1 fully saturated rings. The molecule has 0 spiro atoms. The number of rotatable bonds is 9. The van der Waals surface area contributed by atoms with E-state index in [0.29, 0.717) is 37.4 Å². The fourth-order valence-electron chi connectivity index (χ4n) is 3.97. The number of anilines is 1. The highest BCUT2D eigenvalue weighted by atomic mass is 32.2. The molecule has 1 N–H and O–H groups in total. The lowest BCUT2D eigenvalue weighted by atomic mass is 10.1. The van der Waals surface area contributed by atoms with Crippen LogP contribution in [0, 0.1) is 0 Å². The number of aromatic nitrogens is 3. The van der Waals surface area contributed by atoms with E-state index in [0.717, 1.165) is 47.4 Å². The predicted octanol–water partition coefficient (Wildman–Crippen LogP) is 3.37. The van der Waals surface area contributed by atoms with Crippen molar-refractivity contribution in [3.8, 4) is 0 Å². The predicted molar refractivity (Wildman–Crippen MR) is 142 cm³/mol. The molecule has 2 amide bonds. The summed E-state index contributed by atoms with van der Waals surface area (Å²) < 4.78 is 0. The summed E-state index contributed by atoms with van der Waals surface area (Å²) in [5.74, 6) is 1.67. The number of benzene rings is 1. The molecule has 3 heterocycles. The summed E-state index contributed by atoms with van der Waals surface area (Å²) >= 11 is 1.59. The van der Waals surface area contributed by atoms with Crippen LogP contribution in [0.1, 0.15) is 41.2 Å². The van der Waals surface area contributed by atoms with Crippen molar-refractivity contribution in [3.05, 3.63) is 77.2 Å². The lowest BCUT2D eigenvalue weighted by molar-refractivity contribution is -0.129. The summed E-state index contributed by atoms with van der Waals surface area (Å²) in [6, 6.07) is 15.5. The Bertz CT molecular complexity index is 1160. The minimum Gasteiger partial charge on any atom is -0.353 e. The summed E-state index contributed by atoms with van der Waals surface area (Å²) in [5.41, 5.74) is 3.71. The number of carbonyl (C=O) groups excluding carboxylic acids is 2. The average Bonchev–Trinajstić information content (AvgIpc) is 2.92. The number of hydrogen-bond acceptors (Lipinski definition) is 7. The van der Waals surface area contributed by atoms with Gasteiger partial charge in [-0.2, -0.15) is 0 Å². The van der Waals surface area contributed by atoms with E-state index in [9.17, 15) is 9.59 Å². The van der Waals surface area contributed by atoms with Crippen molar-refractivity contribution in [2.24, 2.45) is 0 Å². The molecule has 4 rings (SSSR count). The third-order valence-electron chi connectivity index (χ3n) is 6.13. The third kappa shape index (κ3) is 7.04. The number of hydrogen-bond donors (Lipinski definition) is 1. The molecule has 0 unspecified atom stereocenters. The van der Waals surface area contributed by atoms with Gasteiger partial charge in [0.1, 0.15) is 5.82 Å². The van der Waals surface area contributed by atoms with Gasteiger partial charge in [0.2, 0.25) is 5.91 Å². The van der Waals surface area contributed by atoms with Crippen LogP contribution in [0.4, 0.5) is 5.82 Å². The first-order valence-corrected chi connectivity index (χ1v) is 13.3. The van der Waals surface area contributed by atoms with Gasteiger partial charge in [0, 0.05) is 81.0 Å². The van der Waals surface area contributed by atoms with Crippen LogP contribution in [0.3, 0.4) is 0 Å². The van der Waals surface area contributed by atoms with Crippen molar-refractivity contribution in [3.63, 3.8) is 0 Å². The lowest BCUT2D eigenvalue weighted by Crippen LogP contribution is -2.48. The number of aryl methyl sites for hydroxylation is 1. The molecule has 1 saturated heterocycles. The minimum atomic E-state index is -0.0846. The molecule has 9 heteroatoms. The molecule has 36 heavy (non-hydrogen) atoms. The zero-order valence-electron chi connectivity index (χ0n) is 20.8. The molecule has 0 saturated carbocycles. The molecular formula is C27H32N6O2S. The second kappa shape index (κ2) is 12.5. The first-order chi connectivity index (χ1) is 17.5. The van der Waals surface area contributed by atoms with Crippen LogP contribution >= 0.6 is 11.8 Å². The Labute approximate surface area is 216 Å². The standard InChI is InChI=1S/C27H32N6O2S/c1-3-23-18-25(33-16-14-32(15-17-33)20(2)34)31-27(30-23)36-19-21-7-9-22(10-8-21)26(35)29-13-11-24-6-4-5-12-28-24/h4-10,12,18H,3,11,13-17,19H2,1-2H3,(H,29,35). The second-order valence-electron chi connectivity index (χ2n) is 8.66. The van der Waals surface area contributed by atoms with E-state index in [1.807, 2.05) is 47.4 Å². The van der Waals surface area contributed by atoms with Crippen LogP contribution in [0.15, 0.2) is 59.9 Å². The summed E-state index contributed by atoms with van der Waals surface area (Å²) in [6.45, 7) is 7.23. The molecule has 188 valence electrons. The van der Waals surface area contributed by atoms with Crippen LogP contribution in [-0.2, 0) is 23.4 Å². The molecule has 0 atom stereocenters. The van der Waals surface area contributed by atoms with Crippen molar-refractivity contribution in [2.75, 3.05) is 37.6 Å². The Hall–Kier alpha value is -3.46. The smallest absolute Gasteiger partial charge is 0.251 e. The molecule has 0 radical (unpaired) electrons. The normalized spacial score (nSPS) is 13.5. The second-order valence-corrected chi connectivity index (χ2v) is 9.60. The van der Waals surface area contributed by atoms with Crippen molar-refractivity contribution < 1.29 is 9.59 Å². The zero-order chi connectivity index (χ0) is 25.3. The number of nitrogens with one attached hydrogen (secondary N) is 1. The topological polar surface area (TPSA) is 91.3 Å². The minimum absolute atomic E-state index is 0.0846. The third-order valence-corrected chi connectivity index (χ3v) is 7.05. The maximum Gasteiger partial charge on any atom is 0.251 e. The van der Waals surface area contributed by atoms with Gasteiger partial charge in [-0.25, -0.2) is 9.97 Å². The zero-order valence-corrected chi connectivity index (χ0v) is 21.6. The number of thioether (sulfide) groups is 1. The van der Waals surface area contributed by atoms with Gasteiger partial charge in [0.25, 0.3) is 5.91 Å². The highest BCUT2D eigenvalue weighted by Gasteiger charge is 2.20. The van der Waals surface area contributed by atoms with Gasteiger partial charge >= 0.3 is 0 Å². The Morgan fingerprint density at radius 2 is 1.78 bits per heavy atom. The van der Waals surface area contributed by atoms with Gasteiger partial charge in [-0.05, 0) is 36.2 Å². The van der Waals surface area contributed by atoms with E-state index in [1.54, 1.807) is 24.9 Å². The van der Waals surface area contributed by atoms with Crippen LogP contribution in [-0.4, -0.2) is 64.4 Å². The first kappa shape index (κ1) is 25.6. The van der Waals surface area contributed by atoms with Crippen LogP contribution in [0.25, 0.3) is 0 Å². The molecular weight excluding hydrogens is 472 g/mol. The van der Waals surface area contributed by atoms with Crippen molar-refractivity contribution in [1.29, 1.82) is 0 Å². The summed E-state index contributed by atoms with van der Waals surface area (Å²) in [6.07, 6.45) is 3.29. The first-order valence-electron chi connectivity index (χ1n) is 12.3. The number of pyridine rings is 1. The van der Waals surface area contributed by atoms with E-state index in [-0.39, 0.29) is 11.8 Å². The van der Waals surface area contributed by atoms with E-state index in [2.05, 4.69) is 28.2 Å². The van der Waals surface area contributed by atoms with Crippen molar-refractivity contribution in [1.82, 2.24) is 25.2 Å². The highest BCUT2D eigenvalue weighted by Crippen LogP contribution is 2.24. The largest absolute Gasteiger partial charge is 0.353 e. The maximum atomic E-state index is 12.5. The SMILES string of the molecule is CCc1cc(N2CCN(C(C)=O)CC2)nc(SCc2ccc(C(=O)NCCc3ccccn3)cc2)n1. The highest BCUT2D eigenvalue weighted by molar-refractivity contribution is 7.98. The van der Waals surface area contributed by atoms with E-state index in [4.69, 9.17) is 9.97 Å². The van der Waals surface area contributed by atoms with E-state index in [1.165, 1.54) is 0 Å². The fraction of sp³-hybridized carbons (Fsp3) is 0.370. The van der Waals surface area contributed by atoms with Gasteiger partial charge < -0.3 is 15.1 Å². The van der Waals surface area contributed by atoms with Gasteiger partial charge in [-0.3, -0.25) is 14.6 Å². The monoisotopic (exact) mass is 504 g/mol. The molecule has 1 aliphatic heterocycles. The summed E-state index contributed by atoms with van der Waals surface area (Å²) in [7, 11) is 0. The fourth-order valence-corrected chi connectivity index (χ4v) is 4.80. The van der Waals surface area contributed by atoms with Gasteiger partial charge in [-0.15, -0.1) is 0 Å². The van der Waals surface area contributed by atoms with Crippen molar-refractivity contribution >= 4 is 29.4 Å². The van der Waals surface area contributed by atoms with E-state index >= 15 is 0 Å². The Balaban J connectivity index is 1.31. The average molecular weight is 505 g/mol. The lowest BCUT2D eigenvalue weighted by Gasteiger charge is -2.35. The van der Waals surface area contributed by atoms with Crippen LogP contribution in [0.5, 0.6) is 0 Å². The Morgan fingerprint density at radius 3 is 2.44 bits per heavy atom. The molecule has 0 bridgehead atoms. The molecule has 1 aromatic carbocycles. The molecule has 1 aliphatic rings. The maximum absolute atomic E-state index is 12.5. The summed E-state index contributed by atoms with van der Waals surface area (Å²) in [5, 5.41) is 3.70. The Kier molecular flexibility index (Phi) is 8.89. The van der Waals surface area contributed by atoms with Crippen LogP contribution < -0.4 is 10.2 Å². The van der Waals surface area contributed by atoms with Gasteiger partial charge in [-0.1, -0.05) is 36.9 Å². The number of carbonyl (C=O) groups is 2. The number of amides is 2.